The van der Waals surface area contributed by atoms with E-state index in [4.69, 9.17) is 13.7 Å². The Labute approximate surface area is 182 Å². The highest BCUT2D eigenvalue weighted by Gasteiger charge is 2.28. The van der Waals surface area contributed by atoms with E-state index in [1.54, 1.807) is 24.1 Å². The zero-order valence-corrected chi connectivity index (χ0v) is 18.0. The lowest BCUT2D eigenvalue weighted by Crippen LogP contribution is -2.34. The number of carbonyl (C=O) groups is 1. The Kier molecular flexibility index (Phi) is 7.04. The lowest BCUT2D eigenvalue weighted by molar-refractivity contribution is 0.0692. The van der Waals surface area contributed by atoms with E-state index in [0.29, 0.717) is 25.5 Å². The Morgan fingerprint density at radius 1 is 1.13 bits per heavy atom. The number of piperidine rings is 1. The molecule has 31 heavy (non-hydrogen) atoms. The lowest BCUT2D eigenvalue weighted by atomic mass is 10.1. The number of rotatable bonds is 9. The summed E-state index contributed by atoms with van der Waals surface area (Å²) < 4.78 is 16.5. The molecule has 2 aromatic heterocycles. The summed E-state index contributed by atoms with van der Waals surface area (Å²) in [6.45, 7) is 3.39. The number of carbonyl (C=O) groups excluding carboxylic acids is 1. The molecule has 0 N–H and O–H groups in total. The summed E-state index contributed by atoms with van der Waals surface area (Å²) in [4.78, 5) is 17.2. The van der Waals surface area contributed by atoms with Gasteiger partial charge >= 0.3 is 0 Å². The number of ether oxygens (including phenoxy) is 1. The number of aromatic nitrogens is 1. The lowest BCUT2D eigenvalue weighted by Gasteiger charge is -2.28. The summed E-state index contributed by atoms with van der Waals surface area (Å²) >= 11 is 0. The van der Waals surface area contributed by atoms with Crippen LogP contribution in [-0.2, 0) is 11.3 Å². The van der Waals surface area contributed by atoms with Gasteiger partial charge in [-0.3, -0.25) is 4.79 Å². The number of hydrogen-bond donors (Lipinski definition) is 0. The smallest absolute Gasteiger partial charge is 0.289 e. The van der Waals surface area contributed by atoms with Crippen LogP contribution in [0.15, 0.2) is 57.7 Å². The monoisotopic (exact) mass is 423 g/mol. The summed E-state index contributed by atoms with van der Waals surface area (Å²) in [6, 6.07) is 13.4. The zero-order valence-electron chi connectivity index (χ0n) is 18.0. The molecule has 1 aromatic carbocycles. The van der Waals surface area contributed by atoms with Crippen LogP contribution in [0.4, 0.5) is 5.88 Å². The topological polar surface area (TPSA) is 72.0 Å². The van der Waals surface area contributed by atoms with Crippen LogP contribution in [0.5, 0.6) is 0 Å². The van der Waals surface area contributed by atoms with E-state index < -0.39 is 0 Å². The van der Waals surface area contributed by atoms with Gasteiger partial charge in [0.15, 0.2) is 5.76 Å². The van der Waals surface area contributed by atoms with Gasteiger partial charge in [-0.05, 0) is 37.8 Å². The number of furan rings is 1. The van der Waals surface area contributed by atoms with E-state index in [2.05, 4.69) is 10.1 Å². The first-order valence-electron chi connectivity index (χ1n) is 10.9. The van der Waals surface area contributed by atoms with E-state index in [-0.39, 0.29) is 5.91 Å². The van der Waals surface area contributed by atoms with Gasteiger partial charge in [-0.15, -0.1) is 0 Å². The minimum absolute atomic E-state index is 0.147. The third-order valence-corrected chi connectivity index (χ3v) is 5.60. The molecular formula is C24H29N3O4. The number of anilines is 1. The molecule has 0 saturated carbocycles. The molecule has 4 rings (SSSR count). The summed E-state index contributed by atoms with van der Waals surface area (Å²) in [7, 11) is 1.67. The van der Waals surface area contributed by atoms with Gasteiger partial charge in [0, 0.05) is 38.9 Å². The highest BCUT2D eigenvalue weighted by molar-refractivity contribution is 5.91. The number of benzene rings is 1. The zero-order chi connectivity index (χ0) is 21.5. The number of nitrogens with zero attached hydrogens (tertiary/aromatic N) is 3. The molecule has 0 radical (unpaired) electrons. The molecule has 0 aliphatic carbocycles. The van der Waals surface area contributed by atoms with Crippen LogP contribution in [0.1, 0.15) is 41.8 Å². The van der Waals surface area contributed by atoms with Gasteiger partial charge in [0.05, 0.1) is 18.4 Å². The maximum absolute atomic E-state index is 13.2. The standard InChI is InChI=1S/C24H29N3O4/c1-29-16-9-15-27(23(28)21-12-8-17-30-21)18-20-22(19-10-4-2-5-11-19)25-31-24(20)26-13-6-3-7-14-26/h2,4-5,8,10-12,17H,3,6-7,9,13-16,18H2,1H3. The largest absolute Gasteiger partial charge is 0.459 e. The number of methoxy groups -OCH3 is 1. The van der Waals surface area contributed by atoms with E-state index >= 15 is 0 Å². The van der Waals surface area contributed by atoms with Gasteiger partial charge in [-0.1, -0.05) is 35.5 Å². The van der Waals surface area contributed by atoms with Crippen molar-refractivity contribution in [2.45, 2.75) is 32.2 Å². The van der Waals surface area contributed by atoms with Crippen molar-refractivity contribution in [3.63, 3.8) is 0 Å². The van der Waals surface area contributed by atoms with E-state index in [1.807, 2.05) is 30.3 Å². The second kappa shape index (κ2) is 10.3. The van der Waals surface area contributed by atoms with Gasteiger partial charge in [-0.25, -0.2) is 0 Å². The molecule has 1 aliphatic heterocycles. The summed E-state index contributed by atoms with van der Waals surface area (Å²) in [5.41, 5.74) is 2.70. The van der Waals surface area contributed by atoms with Gasteiger partial charge < -0.3 is 23.5 Å². The Morgan fingerprint density at radius 3 is 2.65 bits per heavy atom. The van der Waals surface area contributed by atoms with Crippen molar-refractivity contribution in [2.75, 3.05) is 38.3 Å². The molecule has 0 bridgehead atoms. The first-order valence-corrected chi connectivity index (χ1v) is 10.9. The van der Waals surface area contributed by atoms with Gasteiger partial charge in [0.1, 0.15) is 5.69 Å². The normalized spacial score (nSPS) is 14.0. The molecule has 1 amide bonds. The summed E-state index contributed by atoms with van der Waals surface area (Å²) in [6.07, 6.45) is 5.74. The molecular weight excluding hydrogens is 394 g/mol. The molecule has 0 atom stereocenters. The Balaban J connectivity index is 1.68. The fourth-order valence-electron chi connectivity index (χ4n) is 4.01. The molecule has 7 nitrogen and oxygen atoms in total. The molecule has 3 aromatic rings. The SMILES string of the molecule is COCCCN(Cc1c(-c2ccccc2)noc1N1CCCCC1)C(=O)c1ccco1. The van der Waals surface area contributed by atoms with Gasteiger partial charge in [0.25, 0.3) is 5.91 Å². The predicted molar refractivity (Wildman–Crippen MR) is 118 cm³/mol. The first-order chi connectivity index (χ1) is 15.3. The number of amides is 1. The van der Waals surface area contributed by atoms with Gasteiger partial charge in [-0.2, -0.15) is 0 Å². The van der Waals surface area contributed by atoms with Crippen LogP contribution in [-0.4, -0.2) is 49.3 Å². The van der Waals surface area contributed by atoms with Crippen molar-refractivity contribution in [3.05, 3.63) is 60.1 Å². The van der Waals surface area contributed by atoms with E-state index in [1.165, 1.54) is 12.7 Å². The Morgan fingerprint density at radius 2 is 1.94 bits per heavy atom. The Bertz CT molecular complexity index is 947. The molecule has 3 heterocycles. The molecule has 0 unspecified atom stereocenters. The molecule has 164 valence electrons. The van der Waals surface area contributed by atoms with Crippen molar-refractivity contribution in [1.29, 1.82) is 0 Å². The van der Waals surface area contributed by atoms with Crippen molar-refractivity contribution in [2.24, 2.45) is 0 Å². The van der Waals surface area contributed by atoms with Crippen LogP contribution in [0.2, 0.25) is 0 Å². The average molecular weight is 424 g/mol. The molecule has 1 saturated heterocycles. The van der Waals surface area contributed by atoms with E-state index in [9.17, 15) is 4.79 Å². The number of hydrogen-bond acceptors (Lipinski definition) is 6. The Hall–Kier alpha value is -3.06. The van der Waals surface area contributed by atoms with Crippen LogP contribution in [0.3, 0.4) is 0 Å². The van der Waals surface area contributed by atoms with Crippen LogP contribution >= 0.6 is 0 Å². The molecule has 7 heteroatoms. The second-order valence-electron chi connectivity index (χ2n) is 7.78. The van der Waals surface area contributed by atoms with Crippen molar-refractivity contribution in [3.8, 4) is 11.3 Å². The van der Waals surface area contributed by atoms with Crippen molar-refractivity contribution < 1.29 is 18.5 Å². The average Bonchev–Trinajstić information content (AvgIpc) is 3.50. The third kappa shape index (κ3) is 4.99. The maximum atomic E-state index is 13.2. The highest BCUT2D eigenvalue weighted by Crippen LogP contribution is 2.34. The molecule has 1 fully saturated rings. The third-order valence-electron chi connectivity index (χ3n) is 5.60. The fraction of sp³-hybridized carbons (Fsp3) is 0.417. The summed E-state index contributed by atoms with van der Waals surface area (Å²) in [5.74, 6) is 0.947. The maximum Gasteiger partial charge on any atom is 0.289 e. The first kappa shape index (κ1) is 21.2. The molecule has 1 aliphatic rings. The van der Waals surface area contributed by atoms with Crippen LogP contribution in [0.25, 0.3) is 11.3 Å². The summed E-state index contributed by atoms with van der Waals surface area (Å²) in [5, 5.41) is 4.43. The highest BCUT2D eigenvalue weighted by atomic mass is 16.5. The van der Waals surface area contributed by atoms with Crippen LogP contribution < -0.4 is 4.90 Å². The van der Waals surface area contributed by atoms with Crippen LogP contribution in [0, 0.1) is 0 Å². The van der Waals surface area contributed by atoms with E-state index in [0.717, 1.165) is 55.1 Å². The quantitative estimate of drug-likeness (QED) is 0.468. The van der Waals surface area contributed by atoms with Crippen molar-refractivity contribution >= 4 is 11.8 Å². The van der Waals surface area contributed by atoms with Gasteiger partial charge in [0.2, 0.25) is 5.88 Å². The fourth-order valence-corrected chi connectivity index (χ4v) is 4.01. The predicted octanol–water partition coefficient (Wildman–Crippen LogP) is 4.60. The molecule has 0 spiro atoms. The minimum atomic E-state index is -0.147. The minimum Gasteiger partial charge on any atom is -0.459 e. The van der Waals surface area contributed by atoms with Crippen molar-refractivity contribution in [1.82, 2.24) is 10.1 Å². The second-order valence-corrected chi connectivity index (χ2v) is 7.78.